The number of fused-ring (bicyclic) bond motifs is 1. The second-order valence-electron chi connectivity index (χ2n) is 11.8. The Kier molecular flexibility index (Phi) is 7.63. The molecule has 0 spiro atoms. The third-order valence-corrected chi connectivity index (χ3v) is 8.87. The molecule has 0 aliphatic heterocycles. The first-order chi connectivity index (χ1) is 23.3. The van der Waals surface area contributed by atoms with Crippen molar-refractivity contribution in [2.75, 3.05) is 4.90 Å². The topological polar surface area (TPSA) is 3.24 Å². The summed E-state index contributed by atoms with van der Waals surface area (Å²) in [6.45, 7) is 0. The summed E-state index contributed by atoms with van der Waals surface area (Å²) in [4.78, 5) is 2.40. The van der Waals surface area contributed by atoms with Gasteiger partial charge in [-0.05, 0) is 86.1 Å². The summed E-state index contributed by atoms with van der Waals surface area (Å²) in [7, 11) is 0. The fourth-order valence-corrected chi connectivity index (χ4v) is 6.54. The molecule has 0 bridgehead atoms. The predicted octanol–water partition coefficient (Wildman–Crippen LogP) is 13.0. The fourth-order valence-electron chi connectivity index (χ4n) is 6.54. The smallest absolute Gasteiger partial charge is 0.0540 e. The monoisotopic (exact) mass is 599 g/mol. The van der Waals surface area contributed by atoms with E-state index in [0.717, 1.165) is 17.1 Å². The van der Waals surface area contributed by atoms with Crippen molar-refractivity contribution in [1.29, 1.82) is 0 Å². The molecule has 8 aromatic carbocycles. The van der Waals surface area contributed by atoms with E-state index < -0.39 is 0 Å². The van der Waals surface area contributed by atoms with Gasteiger partial charge in [-0.25, -0.2) is 0 Å². The number of anilines is 3. The van der Waals surface area contributed by atoms with Crippen LogP contribution in [-0.2, 0) is 0 Å². The highest BCUT2D eigenvalue weighted by molar-refractivity contribution is 5.95. The summed E-state index contributed by atoms with van der Waals surface area (Å²) in [5.41, 5.74) is 12.9. The molecule has 0 N–H and O–H groups in total. The van der Waals surface area contributed by atoms with Gasteiger partial charge in [0.1, 0.15) is 0 Å². The van der Waals surface area contributed by atoms with Crippen molar-refractivity contribution < 1.29 is 0 Å². The second kappa shape index (κ2) is 12.7. The van der Waals surface area contributed by atoms with Gasteiger partial charge in [-0.1, -0.05) is 164 Å². The molecule has 1 nitrogen and oxygen atoms in total. The molecular weight excluding hydrogens is 567 g/mol. The van der Waals surface area contributed by atoms with E-state index in [1.807, 2.05) is 0 Å². The number of benzene rings is 8. The summed E-state index contributed by atoms with van der Waals surface area (Å²) in [5, 5.41) is 2.49. The molecule has 0 saturated carbocycles. The third kappa shape index (κ3) is 5.72. The summed E-state index contributed by atoms with van der Waals surface area (Å²) in [6, 6.07) is 71.9. The van der Waals surface area contributed by atoms with E-state index in [2.05, 4.69) is 205 Å². The number of rotatable bonds is 7. The Bertz CT molecular complexity index is 2290. The molecule has 8 rings (SSSR count). The van der Waals surface area contributed by atoms with E-state index in [1.165, 1.54) is 55.3 Å². The Morgan fingerprint density at radius 2 is 0.787 bits per heavy atom. The molecule has 0 fully saturated rings. The first kappa shape index (κ1) is 28.3. The number of hydrogen-bond acceptors (Lipinski definition) is 1. The average molecular weight is 600 g/mol. The number of hydrogen-bond donors (Lipinski definition) is 0. The van der Waals surface area contributed by atoms with Crippen LogP contribution in [0.5, 0.6) is 0 Å². The van der Waals surface area contributed by atoms with Crippen molar-refractivity contribution in [3.05, 3.63) is 200 Å². The summed E-state index contributed by atoms with van der Waals surface area (Å²) in [6.07, 6.45) is 0. The molecule has 1 heteroatoms. The molecule has 0 amide bonds. The molecular formula is C46H33N. The quantitative estimate of drug-likeness (QED) is 0.176. The molecule has 47 heavy (non-hydrogen) atoms. The van der Waals surface area contributed by atoms with Gasteiger partial charge >= 0.3 is 0 Å². The maximum Gasteiger partial charge on any atom is 0.0540 e. The second-order valence-corrected chi connectivity index (χ2v) is 11.8. The lowest BCUT2D eigenvalue weighted by Gasteiger charge is -2.29. The predicted molar refractivity (Wildman–Crippen MR) is 200 cm³/mol. The first-order valence-corrected chi connectivity index (χ1v) is 16.1. The number of nitrogens with zero attached hydrogens (tertiary/aromatic N) is 1. The van der Waals surface area contributed by atoms with E-state index in [1.54, 1.807) is 0 Å². The molecule has 0 aliphatic rings. The van der Waals surface area contributed by atoms with Crippen LogP contribution in [0.25, 0.3) is 55.3 Å². The molecule has 0 unspecified atom stereocenters. The van der Waals surface area contributed by atoms with Crippen LogP contribution in [0.15, 0.2) is 200 Å². The van der Waals surface area contributed by atoms with E-state index in [4.69, 9.17) is 0 Å². The van der Waals surface area contributed by atoms with Gasteiger partial charge in [-0.3, -0.25) is 0 Å². The fraction of sp³-hybridized carbons (Fsp3) is 0. The molecule has 8 aromatic rings. The van der Waals surface area contributed by atoms with Gasteiger partial charge in [0, 0.05) is 16.9 Å². The van der Waals surface area contributed by atoms with Crippen LogP contribution in [0.4, 0.5) is 17.1 Å². The van der Waals surface area contributed by atoms with Gasteiger partial charge < -0.3 is 4.90 Å². The van der Waals surface area contributed by atoms with Crippen molar-refractivity contribution in [3.63, 3.8) is 0 Å². The van der Waals surface area contributed by atoms with Crippen LogP contribution in [0.2, 0.25) is 0 Å². The van der Waals surface area contributed by atoms with E-state index >= 15 is 0 Å². The summed E-state index contributed by atoms with van der Waals surface area (Å²) in [5.74, 6) is 0. The lowest BCUT2D eigenvalue weighted by molar-refractivity contribution is 1.28. The zero-order chi connectivity index (χ0) is 31.4. The van der Waals surface area contributed by atoms with Crippen LogP contribution in [-0.4, -0.2) is 0 Å². The maximum absolute atomic E-state index is 2.40. The normalized spacial score (nSPS) is 11.0. The lowest BCUT2D eigenvalue weighted by Crippen LogP contribution is -2.11. The maximum atomic E-state index is 2.40. The molecule has 0 aromatic heterocycles. The van der Waals surface area contributed by atoms with Crippen molar-refractivity contribution >= 4 is 27.8 Å². The van der Waals surface area contributed by atoms with Crippen molar-refractivity contribution in [2.24, 2.45) is 0 Å². The van der Waals surface area contributed by atoms with Gasteiger partial charge in [0.2, 0.25) is 0 Å². The Labute approximate surface area is 276 Å². The molecule has 0 radical (unpaired) electrons. The van der Waals surface area contributed by atoms with Crippen LogP contribution < -0.4 is 4.90 Å². The minimum absolute atomic E-state index is 1.10. The number of para-hydroxylation sites is 1. The highest BCUT2D eigenvalue weighted by Gasteiger charge is 2.19. The van der Waals surface area contributed by atoms with Gasteiger partial charge in [0.05, 0.1) is 5.69 Å². The zero-order valence-corrected chi connectivity index (χ0v) is 26.0. The highest BCUT2D eigenvalue weighted by atomic mass is 15.1. The van der Waals surface area contributed by atoms with Crippen LogP contribution in [0.3, 0.4) is 0 Å². The minimum Gasteiger partial charge on any atom is -0.310 e. The van der Waals surface area contributed by atoms with Crippen LogP contribution in [0, 0.1) is 0 Å². The standard InChI is InChI=1S/C46H33N/c1-3-14-34(15-4-1)36-28-30-41(31-29-36)47(42-21-13-20-39(33-42)40-27-26-35-16-7-8-19-38(35)32-40)46-25-12-11-24-45(46)44-23-10-9-22-43(44)37-17-5-2-6-18-37/h1-33H. The van der Waals surface area contributed by atoms with Gasteiger partial charge in [-0.15, -0.1) is 0 Å². The largest absolute Gasteiger partial charge is 0.310 e. The molecule has 0 heterocycles. The molecule has 0 saturated heterocycles. The highest BCUT2D eigenvalue weighted by Crippen LogP contribution is 2.44. The zero-order valence-electron chi connectivity index (χ0n) is 26.0. The molecule has 0 atom stereocenters. The van der Waals surface area contributed by atoms with E-state index in [0.29, 0.717) is 0 Å². The first-order valence-electron chi connectivity index (χ1n) is 16.1. The van der Waals surface area contributed by atoms with Crippen LogP contribution >= 0.6 is 0 Å². The molecule has 222 valence electrons. The summed E-state index contributed by atoms with van der Waals surface area (Å²) < 4.78 is 0. The third-order valence-electron chi connectivity index (χ3n) is 8.87. The van der Waals surface area contributed by atoms with Gasteiger partial charge in [0.25, 0.3) is 0 Å². The van der Waals surface area contributed by atoms with Crippen molar-refractivity contribution in [3.8, 4) is 44.5 Å². The van der Waals surface area contributed by atoms with E-state index in [-0.39, 0.29) is 0 Å². The minimum atomic E-state index is 1.10. The Balaban J connectivity index is 1.30. The van der Waals surface area contributed by atoms with Gasteiger partial charge in [0.15, 0.2) is 0 Å². The lowest BCUT2D eigenvalue weighted by atomic mass is 9.93. The average Bonchev–Trinajstić information content (AvgIpc) is 3.16. The Morgan fingerprint density at radius 3 is 1.55 bits per heavy atom. The van der Waals surface area contributed by atoms with Crippen molar-refractivity contribution in [1.82, 2.24) is 0 Å². The van der Waals surface area contributed by atoms with Crippen molar-refractivity contribution in [2.45, 2.75) is 0 Å². The molecule has 0 aliphatic carbocycles. The summed E-state index contributed by atoms with van der Waals surface area (Å²) >= 11 is 0. The Morgan fingerprint density at radius 1 is 0.255 bits per heavy atom. The van der Waals surface area contributed by atoms with Gasteiger partial charge in [-0.2, -0.15) is 0 Å². The van der Waals surface area contributed by atoms with E-state index in [9.17, 15) is 0 Å². The Hall–Kier alpha value is -6.18. The SMILES string of the molecule is c1ccc(-c2ccc(N(c3cccc(-c4ccc5ccccc5c4)c3)c3ccccc3-c3ccccc3-c3ccccc3)cc2)cc1. The van der Waals surface area contributed by atoms with Crippen LogP contribution in [0.1, 0.15) is 0 Å².